The normalized spacial score (nSPS) is 45.2. The Kier molecular flexibility index (Phi) is 4.08. The Morgan fingerprint density at radius 2 is 1.88 bits per heavy atom. The number of unbranched alkanes of at least 4 members (excludes halogenated alkanes) is 1. The molecule has 0 aromatic heterocycles. The first kappa shape index (κ1) is 13.3. The highest BCUT2D eigenvalue weighted by Crippen LogP contribution is 2.42. The highest BCUT2D eigenvalue weighted by molar-refractivity contribution is 4.93. The van der Waals surface area contributed by atoms with Crippen molar-refractivity contribution in [2.24, 2.45) is 0 Å². The average molecular weight is 244 g/mol. The molecule has 2 aliphatic rings. The lowest BCUT2D eigenvalue weighted by molar-refractivity contribution is -0.238. The van der Waals surface area contributed by atoms with Crippen molar-refractivity contribution >= 4 is 0 Å². The number of rotatable bonds is 5. The first-order chi connectivity index (χ1) is 8.12. The third-order valence-electron chi connectivity index (χ3n) is 3.66. The molecule has 0 radical (unpaired) electrons. The zero-order valence-corrected chi connectivity index (χ0v) is 11.0. The van der Waals surface area contributed by atoms with Gasteiger partial charge in [0.15, 0.2) is 12.1 Å². The standard InChI is InChI=1S/C13H24O4/c1-4-6-8-13(7-5-2)16-11-10(14)9(3)15-12(11)17-13/h9-12,14H,4-8H2,1-3H3/t9-,10+,11-,12-,13?/m1/s1. The van der Waals surface area contributed by atoms with E-state index in [1.54, 1.807) is 0 Å². The van der Waals surface area contributed by atoms with Crippen LogP contribution >= 0.6 is 0 Å². The van der Waals surface area contributed by atoms with Crippen LogP contribution in [-0.4, -0.2) is 35.5 Å². The van der Waals surface area contributed by atoms with Crippen molar-refractivity contribution in [3.05, 3.63) is 0 Å². The van der Waals surface area contributed by atoms with Crippen LogP contribution in [-0.2, 0) is 14.2 Å². The third kappa shape index (κ3) is 2.50. The van der Waals surface area contributed by atoms with Gasteiger partial charge >= 0.3 is 0 Å². The second-order valence-electron chi connectivity index (χ2n) is 5.16. The summed E-state index contributed by atoms with van der Waals surface area (Å²) in [6, 6.07) is 0. The fourth-order valence-corrected chi connectivity index (χ4v) is 2.69. The van der Waals surface area contributed by atoms with Gasteiger partial charge in [0.1, 0.15) is 12.2 Å². The minimum Gasteiger partial charge on any atom is -0.387 e. The van der Waals surface area contributed by atoms with E-state index in [1.807, 2.05) is 6.92 Å². The molecule has 1 N–H and O–H groups in total. The maximum absolute atomic E-state index is 9.96. The minimum atomic E-state index is -0.569. The van der Waals surface area contributed by atoms with Gasteiger partial charge in [-0.25, -0.2) is 0 Å². The molecule has 2 heterocycles. The lowest BCUT2D eigenvalue weighted by Crippen LogP contribution is -2.36. The van der Waals surface area contributed by atoms with Gasteiger partial charge in [-0.1, -0.05) is 26.7 Å². The monoisotopic (exact) mass is 244 g/mol. The molecular weight excluding hydrogens is 220 g/mol. The molecular formula is C13H24O4. The summed E-state index contributed by atoms with van der Waals surface area (Å²) in [5.74, 6) is -0.527. The maximum Gasteiger partial charge on any atom is 0.190 e. The van der Waals surface area contributed by atoms with Crippen molar-refractivity contribution in [1.82, 2.24) is 0 Å². The molecule has 4 nitrogen and oxygen atoms in total. The first-order valence-electron chi connectivity index (χ1n) is 6.81. The molecule has 0 aliphatic carbocycles. The van der Waals surface area contributed by atoms with E-state index in [1.165, 1.54) is 0 Å². The van der Waals surface area contributed by atoms with E-state index in [9.17, 15) is 5.11 Å². The Morgan fingerprint density at radius 1 is 1.12 bits per heavy atom. The molecule has 2 saturated heterocycles. The molecule has 2 fully saturated rings. The second kappa shape index (κ2) is 5.22. The summed E-state index contributed by atoms with van der Waals surface area (Å²) in [5, 5.41) is 9.96. The van der Waals surface area contributed by atoms with Crippen LogP contribution in [0.1, 0.15) is 52.9 Å². The van der Waals surface area contributed by atoms with Crippen LogP contribution in [0.5, 0.6) is 0 Å². The second-order valence-corrected chi connectivity index (χ2v) is 5.16. The molecule has 0 spiro atoms. The molecule has 0 bridgehead atoms. The van der Waals surface area contributed by atoms with E-state index in [-0.39, 0.29) is 18.5 Å². The van der Waals surface area contributed by atoms with Gasteiger partial charge in [0.05, 0.1) is 6.10 Å². The summed E-state index contributed by atoms with van der Waals surface area (Å²) in [6.07, 6.45) is 3.49. The van der Waals surface area contributed by atoms with Gasteiger partial charge in [0, 0.05) is 12.8 Å². The van der Waals surface area contributed by atoms with Gasteiger partial charge in [-0.15, -0.1) is 0 Å². The van der Waals surface area contributed by atoms with Crippen LogP contribution < -0.4 is 0 Å². The molecule has 0 amide bonds. The Bertz CT molecular complexity index is 258. The van der Waals surface area contributed by atoms with Gasteiger partial charge in [-0.3, -0.25) is 0 Å². The summed E-state index contributed by atoms with van der Waals surface area (Å²) in [4.78, 5) is 0. The quantitative estimate of drug-likeness (QED) is 0.805. The topological polar surface area (TPSA) is 47.9 Å². The predicted octanol–water partition coefficient (Wildman–Crippen LogP) is 2.19. The van der Waals surface area contributed by atoms with Crippen LogP contribution in [0, 0.1) is 0 Å². The molecule has 5 atom stereocenters. The molecule has 0 aromatic carbocycles. The van der Waals surface area contributed by atoms with Crippen LogP contribution in [0.15, 0.2) is 0 Å². The zero-order valence-electron chi connectivity index (χ0n) is 11.0. The largest absolute Gasteiger partial charge is 0.387 e. The average Bonchev–Trinajstić information content (AvgIpc) is 2.76. The molecule has 100 valence electrons. The van der Waals surface area contributed by atoms with Crippen molar-refractivity contribution in [2.45, 2.75) is 83.3 Å². The number of fused-ring (bicyclic) bond motifs is 1. The van der Waals surface area contributed by atoms with Gasteiger partial charge in [-0.2, -0.15) is 0 Å². The Labute approximate surface area is 103 Å². The maximum atomic E-state index is 9.96. The Hall–Kier alpha value is -0.160. The number of ether oxygens (including phenoxy) is 3. The van der Waals surface area contributed by atoms with Crippen molar-refractivity contribution in [3.8, 4) is 0 Å². The van der Waals surface area contributed by atoms with Crippen LogP contribution in [0.25, 0.3) is 0 Å². The van der Waals surface area contributed by atoms with Crippen molar-refractivity contribution in [3.63, 3.8) is 0 Å². The van der Waals surface area contributed by atoms with Crippen molar-refractivity contribution in [1.29, 1.82) is 0 Å². The summed E-state index contributed by atoms with van der Waals surface area (Å²) in [7, 11) is 0. The van der Waals surface area contributed by atoms with E-state index in [4.69, 9.17) is 14.2 Å². The van der Waals surface area contributed by atoms with E-state index in [0.717, 1.165) is 32.1 Å². The highest BCUT2D eigenvalue weighted by Gasteiger charge is 2.55. The molecule has 1 unspecified atom stereocenters. The molecule has 2 rings (SSSR count). The molecule has 0 aromatic rings. The van der Waals surface area contributed by atoms with Gasteiger partial charge in [0.25, 0.3) is 0 Å². The van der Waals surface area contributed by atoms with E-state index in [2.05, 4.69) is 13.8 Å². The molecule has 0 saturated carbocycles. The number of hydrogen-bond acceptors (Lipinski definition) is 4. The lowest BCUT2D eigenvalue weighted by atomic mass is 10.0. The fourth-order valence-electron chi connectivity index (χ4n) is 2.69. The van der Waals surface area contributed by atoms with Gasteiger partial charge in [0.2, 0.25) is 0 Å². The highest BCUT2D eigenvalue weighted by atomic mass is 16.8. The Balaban J connectivity index is 2.02. The number of hydrogen-bond donors (Lipinski definition) is 1. The lowest BCUT2D eigenvalue weighted by Gasteiger charge is -2.29. The molecule has 2 aliphatic heterocycles. The van der Waals surface area contributed by atoms with Crippen molar-refractivity contribution < 1.29 is 19.3 Å². The zero-order chi connectivity index (χ0) is 12.5. The van der Waals surface area contributed by atoms with Crippen LogP contribution in [0.4, 0.5) is 0 Å². The summed E-state index contributed by atoms with van der Waals surface area (Å²) < 4.78 is 17.5. The first-order valence-corrected chi connectivity index (χ1v) is 6.81. The van der Waals surface area contributed by atoms with Crippen molar-refractivity contribution in [2.75, 3.05) is 0 Å². The van der Waals surface area contributed by atoms with E-state index < -0.39 is 11.9 Å². The smallest absolute Gasteiger partial charge is 0.190 e. The van der Waals surface area contributed by atoms with Gasteiger partial charge < -0.3 is 19.3 Å². The summed E-state index contributed by atoms with van der Waals surface area (Å²) >= 11 is 0. The van der Waals surface area contributed by atoms with E-state index >= 15 is 0 Å². The van der Waals surface area contributed by atoms with Crippen LogP contribution in [0.3, 0.4) is 0 Å². The Morgan fingerprint density at radius 3 is 2.47 bits per heavy atom. The summed E-state index contributed by atoms with van der Waals surface area (Å²) in [6.45, 7) is 6.13. The summed E-state index contributed by atoms with van der Waals surface area (Å²) in [5.41, 5.74) is 0. The van der Waals surface area contributed by atoms with E-state index in [0.29, 0.717) is 0 Å². The van der Waals surface area contributed by atoms with Crippen LogP contribution in [0.2, 0.25) is 0 Å². The molecule has 4 heteroatoms. The molecule has 17 heavy (non-hydrogen) atoms. The predicted molar refractivity (Wildman–Crippen MR) is 63.5 cm³/mol. The third-order valence-corrected chi connectivity index (χ3v) is 3.66. The number of aliphatic hydroxyl groups is 1. The van der Waals surface area contributed by atoms with Gasteiger partial charge in [-0.05, 0) is 13.3 Å². The minimum absolute atomic E-state index is 0.198. The fraction of sp³-hybridized carbons (Fsp3) is 1.00. The SMILES string of the molecule is CCCCC1(CCC)O[C@H]2O[C@H](C)[C@H](O)[C@H]2O1. The number of aliphatic hydroxyl groups excluding tert-OH is 1.